The first-order valence-electron chi connectivity index (χ1n) is 9.21. The quantitative estimate of drug-likeness (QED) is 0.291. The number of aromatic amines is 1. The molecule has 29 heavy (non-hydrogen) atoms. The zero-order valence-electron chi connectivity index (χ0n) is 15.3. The van der Waals surface area contributed by atoms with Gasteiger partial charge >= 0.3 is 0 Å². The molecule has 2 heterocycles. The summed E-state index contributed by atoms with van der Waals surface area (Å²) >= 11 is 9.00. The van der Waals surface area contributed by atoms with Gasteiger partial charge in [0.1, 0.15) is 5.65 Å². The van der Waals surface area contributed by atoms with Crippen molar-refractivity contribution in [3.05, 3.63) is 101 Å². The first kappa shape index (κ1) is 18.0. The van der Waals surface area contributed by atoms with E-state index in [2.05, 4.69) is 86.6 Å². The zero-order valence-corrected chi connectivity index (χ0v) is 17.7. The van der Waals surface area contributed by atoms with E-state index in [4.69, 9.17) is 12.2 Å². The molecule has 0 aliphatic rings. The second-order valence-electron chi connectivity index (χ2n) is 6.79. The van der Waals surface area contributed by atoms with E-state index in [1.54, 1.807) is 0 Å². The highest BCUT2D eigenvalue weighted by atomic mass is 79.9. The van der Waals surface area contributed by atoms with E-state index in [0.29, 0.717) is 4.77 Å². The molecule has 0 aliphatic heterocycles. The van der Waals surface area contributed by atoms with Gasteiger partial charge in [-0.3, -0.25) is 4.40 Å². The van der Waals surface area contributed by atoms with Gasteiger partial charge in [0.25, 0.3) is 0 Å². The van der Waals surface area contributed by atoms with Crippen molar-refractivity contribution in [3.63, 3.8) is 0 Å². The molecule has 5 heteroatoms. The van der Waals surface area contributed by atoms with Crippen LogP contribution in [0, 0.1) is 4.77 Å². The molecule has 0 saturated carbocycles. The number of rotatable bonds is 3. The average molecular weight is 458 g/mol. The van der Waals surface area contributed by atoms with Crippen LogP contribution in [0.5, 0.6) is 0 Å². The van der Waals surface area contributed by atoms with Crippen molar-refractivity contribution in [2.24, 2.45) is 0 Å². The summed E-state index contributed by atoms with van der Waals surface area (Å²) in [4.78, 5) is 7.97. The molecule has 0 unspecified atom stereocenters. The molecular formula is C24H16BrN3S. The monoisotopic (exact) mass is 457 g/mol. The number of H-pyrrole nitrogens is 1. The molecule has 140 valence electrons. The maximum atomic E-state index is 5.46. The smallest absolute Gasteiger partial charge is 0.205 e. The number of benzene rings is 3. The Balaban J connectivity index is 1.62. The van der Waals surface area contributed by atoms with Gasteiger partial charge in [0.15, 0.2) is 0 Å². The largest absolute Gasteiger partial charge is 0.339 e. The molecule has 0 bridgehead atoms. The van der Waals surface area contributed by atoms with Gasteiger partial charge in [-0.15, -0.1) is 0 Å². The Bertz CT molecular complexity index is 1370. The molecule has 3 nitrogen and oxygen atoms in total. The van der Waals surface area contributed by atoms with Crippen LogP contribution >= 0.6 is 28.1 Å². The van der Waals surface area contributed by atoms with E-state index in [0.717, 1.165) is 32.5 Å². The third kappa shape index (κ3) is 3.43. The van der Waals surface area contributed by atoms with Gasteiger partial charge in [-0.1, -0.05) is 82.7 Å². The highest BCUT2D eigenvalue weighted by Crippen LogP contribution is 2.29. The molecule has 5 rings (SSSR count). The van der Waals surface area contributed by atoms with Crippen molar-refractivity contribution < 1.29 is 0 Å². The van der Waals surface area contributed by atoms with Gasteiger partial charge < -0.3 is 4.98 Å². The second kappa shape index (κ2) is 7.43. The first-order valence-corrected chi connectivity index (χ1v) is 10.4. The SMILES string of the molecule is S=c1ncc(-c2ccc(-c3ccccc3)cc2)c2[nH]c(-c3cccc(Br)c3)cn12. The lowest BCUT2D eigenvalue weighted by Crippen LogP contribution is -1.92. The summed E-state index contributed by atoms with van der Waals surface area (Å²) in [6, 6.07) is 27.1. The number of nitrogens with one attached hydrogen (secondary N) is 1. The number of halogens is 1. The van der Waals surface area contributed by atoms with Crippen molar-refractivity contribution in [3.8, 4) is 33.5 Å². The number of aromatic nitrogens is 3. The van der Waals surface area contributed by atoms with Crippen LogP contribution in [0.15, 0.2) is 95.7 Å². The van der Waals surface area contributed by atoms with Crippen molar-refractivity contribution >= 4 is 33.8 Å². The predicted molar refractivity (Wildman–Crippen MR) is 124 cm³/mol. The minimum Gasteiger partial charge on any atom is -0.339 e. The lowest BCUT2D eigenvalue weighted by molar-refractivity contribution is 1.06. The van der Waals surface area contributed by atoms with Crippen molar-refractivity contribution in [1.29, 1.82) is 0 Å². The number of hydrogen-bond donors (Lipinski definition) is 1. The Hall–Kier alpha value is -3.02. The molecular weight excluding hydrogens is 442 g/mol. The molecule has 0 aliphatic carbocycles. The van der Waals surface area contributed by atoms with Gasteiger partial charge in [-0.25, -0.2) is 4.98 Å². The Labute approximate surface area is 181 Å². The summed E-state index contributed by atoms with van der Waals surface area (Å²) in [7, 11) is 0. The fourth-order valence-electron chi connectivity index (χ4n) is 3.49. The Morgan fingerprint density at radius 2 is 1.48 bits per heavy atom. The van der Waals surface area contributed by atoms with Gasteiger partial charge in [-0.2, -0.15) is 0 Å². The van der Waals surface area contributed by atoms with Gasteiger partial charge in [0.05, 0.1) is 5.69 Å². The summed E-state index contributed by atoms with van der Waals surface area (Å²) in [6.07, 6.45) is 3.85. The van der Waals surface area contributed by atoms with E-state index in [1.165, 1.54) is 11.1 Å². The molecule has 1 N–H and O–H groups in total. The Kier molecular flexibility index (Phi) is 4.62. The Morgan fingerprint density at radius 3 is 2.24 bits per heavy atom. The highest BCUT2D eigenvalue weighted by molar-refractivity contribution is 9.10. The molecule has 0 saturated heterocycles. The van der Waals surface area contributed by atoms with Crippen LogP contribution in [-0.4, -0.2) is 14.4 Å². The third-order valence-corrected chi connectivity index (χ3v) is 5.75. The van der Waals surface area contributed by atoms with Crippen LogP contribution in [0.1, 0.15) is 0 Å². The number of nitrogens with zero attached hydrogens (tertiary/aromatic N) is 2. The predicted octanol–water partition coefficient (Wildman–Crippen LogP) is 7.16. The summed E-state index contributed by atoms with van der Waals surface area (Å²) in [5.74, 6) is 0. The van der Waals surface area contributed by atoms with Crippen LogP contribution in [0.4, 0.5) is 0 Å². The molecule has 0 radical (unpaired) electrons. The molecule has 5 aromatic rings. The fraction of sp³-hybridized carbons (Fsp3) is 0. The van der Waals surface area contributed by atoms with Crippen LogP contribution in [-0.2, 0) is 0 Å². The van der Waals surface area contributed by atoms with Gasteiger partial charge in [0, 0.05) is 28.0 Å². The number of fused-ring (bicyclic) bond motifs is 1. The van der Waals surface area contributed by atoms with Crippen LogP contribution < -0.4 is 0 Å². The van der Waals surface area contributed by atoms with E-state index < -0.39 is 0 Å². The van der Waals surface area contributed by atoms with Crippen molar-refractivity contribution in [1.82, 2.24) is 14.4 Å². The van der Waals surface area contributed by atoms with E-state index >= 15 is 0 Å². The maximum Gasteiger partial charge on any atom is 0.205 e. The molecule has 0 fully saturated rings. The third-order valence-electron chi connectivity index (χ3n) is 4.96. The molecule has 3 aromatic carbocycles. The van der Waals surface area contributed by atoms with Crippen molar-refractivity contribution in [2.75, 3.05) is 0 Å². The summed E-state index contributed by atoms with van der Waals surface area (Å²) in [5.41, 5.74) is 7.51. The first-order chi connectivity index (χ1) is 14.2. The van der Waals surface area contributed by atoms with Gasteiger partial charge in [-0.05, 0) is 41.0 Å². The Morgan fingerprint density at radius 1 is 0.793 bits per heavy atom. The van der Waals surface area contributed by atoms with E-state index in [-0.39, 0.29) is 0 Å². The molecule has 0 amide bonds. The lowest BCUT2D eigenvalue weighted by Gasteiger charge is -2.06. The molecule has 0 atom stereocenters. The minimum atomic E-state index is 0.530. The van der Waals surface area contributed by atoms with E-state index in [1.807, 2.05) is 35.0 Å². The molecule has 2 aromatic heterocycles. The fourth-order valence-corrected chi connectivity index (χ4v) is 4.09. The van der Waals surface area contributed by atoms with E-state index in [9.17, 15) is 0 Å². The maximum absolute atomic E-state index is 5.46. The minimum absolute atomic E-state index is 0.530. The van der Waals surface area contributed by atoms with Crippen LogP contribution in [0.3, 0.4) is 0 Å². The summed E-state index contributed by atoms with van der Waals surface area (Å²) < 4.78 is 3.50. The normalized spacial score (nSPS) is 11.1. The standard InChI is InChI=1S/C24H16BrN3S/c25-20-8-4-7-19(13-20)22-15-28-23(27-22)21(14-26-24(28)29)18-11-9-17(10-12-18)16-5-2-1-3-6-16/h1-15,27H. The second-order valence-corrected chi connectivity index (χ2v) is 8.08. The number of hydrogen-bond acceptors (Lipinski definition) is 2. The van der Waals surface area contributed by atoms with Crippen LogP contribution in [0.25, 0.3) is 39.2 Å². The summed E-state index contributed by atoms with van der Waals surface area (Å²) in [6.45, 7) is 0. The topological polar surface area (TPSA) is 33.1 Å². The highest BCUT2D eigenvalue weighted by Gasteiger charge is 2.11. The summed E-state index contributed by atoms with van der Waals surface area (Å²) in [5, 5.41) is 0. The van der Waals surface area contributed by atoms with Gasteiger partial charge in [0.2, 0.25) is 4.77 Å². The number of imidazole rings is 1. The van der Waals surface area contributed by atoms with Crippen LogP contribution in [0.2, 0.25) is 0 Å². The molecule has 0 spiro atoms. The zero-order chi connectivity index (χ0) is 19.8. The van der Waals surface area contributed by atoms with Crippen molar-refractivity contribution in [2.45, 2.75) is 0 Å². The lowest BCUT2D eigenvalue weighted by atomic mass is 10.0. The average Bonchev–Trinajstić information content (AvgIpc) is 3.21.